The van der Waals surface area contributed by atoms with Gasteiger partial charge in [0.15, 0.2) is 0 Å². The maximum Gasteiger partial charge on any atom is 0.337 e. The number of hydrogen-bond donors (Lipinski definition) is 3. The van der Waals surface area contributed by atoms with Gasteiger partial charge in [0.2, 0.25) is 0 Å². The Balaban J connectivity index is 2.33. The second-order valence-electron chi connectivity index (χ2n) is 3.97. The van der Waals surface area contributed by atoms with Crippen molar-refractivity contribution in [2.45, 2.75) is 0 Å². The maximum atomic E-state index is 12.1. The number of carboxylic acids is 1. The summed E-state index contributed by atoms with van der Waals surface area (Å²) in [7, 11) is 0. The molecule has 0 aliphatic carbocycles. The topological polar surface area (TPSA) is 86.6 Å². The first-order valence-electron chi connectivity index (χ1n) is 5.61. The van der Waals surface area contributed by atoms with Crippen molar-refractivity contribution in [3.05, 3.63) is 58.1 Å². The van der Waals surface area contributed by atoms with E-state index in [4.69, 9.17) is 5.11 Å². The molecule has 0 heterocycles. The molecule has 0 atom stereocenters. The van der Waals surface area contributed by atoms with E-state index in [2.05, 4.69) is 21.2 Å². The molecule has 0 aromatic heterocycles. The lowest BCUT2D eigenvalue weighted by molar-refractivity contribution is 0.0697. The molecular weight excluding hydrogens is 326 g/mol. The van der Waals surface area contributed by atoms with E-state index in [-0.39, 0.29) is 17.0 Å². The van der Waals surface area contributed by atoms with Crippen molar-refractivity contribution in [2.24, 2.45) is 0 Å². The van der Waals surface area contributed by atoms with Crippen LogP contribution in [0, 0.1) is 0 Å². The zero-order valence-corrected chi connectivity index (χ0v) is 11.7. The van der Waals surface area contributed by atoms with Crippen molar-refractivity contribution in [2.75, 3.05) is 5.32 Å². The van der Waals surface area contributed by atoms with Crippen LogP contribution in [0.1, 0.15) is 20.7 Å². The normalized spacial score (nSPS) is 10.1. The summed E-state index contributed by atoms with van der Waals surface area (Å²) >= 11 is 3.25. The molecule has 0 aliphatic rings. The molecule has 0 bridgehead atoms. The standard InChI is InChI=1S/C14H10BrNO4/c15-11-4-2-1-3-9(11)13(18)16-12-6-5-8(17)7-10(12)14(19)20/h1-7,17H,(H,16,18)(H,19,20). The van der Waals surface area contributed by atoms with E-state index in [1.165, 1.54) is 12.1 Å². The lowest BCUT2D eigenvalue weighted by Crippen LogP contribution is -2.15. The Bertz CT molecular complexity index is 685. The van der Waals surface area contributed by atoms with Crippen molar-refractivity contribution < 1.29 is 19.8 Å². The van der Waals surface area contributed by atoms with E-state index in [0.29, 0.717) is 10.0 Å². The number of benzene rings is 2. The number of halogens is 1. The fraction of sp³-hybridized carbons (Fsp3) is 0. The van der Waals surface area contributed by atoms with Crippen LogP contribution in [0.15, 0.2) is 46.9 Å². The number of rotatable bonds is 3. The molecule has 6 heteroatoms. The number of anilines is 1. The number of carbonyl (C=O) groups excluding carboxylic acids is 1. The molecule has 0 aliphatic heterocycles. The first kappa shape index (κ1) is 14.1. The molecule has 2 aromatic rings. The van der Waals surface area contributed by atoms with Gasteiger partial charge in [0, 0.05) is 4.47 Å². The molecule has 3 N–H and O–H groups in total. The molecule has 0 fully saturated rings. The highest BCUT2D eigenvalue weighted by molar-refractivity contribution is 9.10. The summed E-state index contributed by atoms with van der Waals surface area (Å²) < 4.78 is 0.605. The van der Waals surface area contributed by atoms with E-state index in [0.717, 1.165) is 6.07 Å². The van der Waals surface area contributed by atoms with Gasteiger partial charge >= 0.3 is 5.97 Å². The number of aromatic carboxylic acids is 1. The Morgan fingerprint density at radius 3 is 2.40 bits per heavy atom. The Morgan fingerprint density at radius 1 is 1.05 bits per heavy atom. The van der Waals surface area contributed by atoms with Crippen LogP contribution in [-0.2, 0) is 0 Å². The number of carboxylic acid groups (broad SMARTS) is 1. The summed E-state index contributed by atoms with van der Waals surface area (Å²) in [5.74, 6) is -1.85. The van der Waals surface area contributed by atoms with Crippen LogP contribution < -0.4 is 5.32 Å². The highest BCUT2D eigenvalue weighted by Gasteiger charge is 2.15. The predicted octanol–water partition coefficient (Wildman–Crippen LogP) is 3.11. The third-order valence-corrected chi connectivity index (χ3v) is 3.29. The third-order valence-electron chi connectivity index (χ3n) is 2.60. The first-order valence-corrected chi connectivity index (χ1v) is 6.40. The molecule has 2 aromatic carbocycles. The molecule has 0 radical (unpaired) electrons. The Hall–Kier alpha value is -2.34. The summed E-state index contributed by atoms with van der Waals surface area (Å²) in [4.78, 5) is 23.2. The van der Waals surface area contributed by atoms with E-state index in [9.17, 15) is 14.7 Å². The molecule has 1 amide bonds. The zero-order chi connectivity index (χ0) is 14.7. The SMILES string of the molecule is O=C(Nc1ccc(O)cc1C(=O)O)c1ccccc1Br. The van der Waals surface area contributed by atoms with Gasteiger partial charge in [-0.2, -0.15) is 0 Å². The molecule has 0 spiro atoms. The number of amides is 1. The van der Waals surface area contributed by atoms with E-state index in [1.54, 1.807) is 24.3 Å². The Kier molecular flexibility index (Phi) is 4.05. The van der Waals surface area contributed by atoms with Gasteiger partial charge in [-0.1, -0.05) is 12.1 Å². The molecule has 0 saturated carbocycles. The third kappa shape index (κ3) is 2.97. The Morgan fingerprint density at radius 2 is 1.75 bits per heavy atom. The number of phenols is 1. The molecule has 102 valence electrons. The second kappa shape index (κ2) is 5.75. The molecule has 5 nitrogen and oxygen atoms in total. The van der Waals surface area contributed by atoms with Gasteiger partial charge in [-0.05, 0) is 46.3 Å². The van der Waals surface area contributed by atoms with Gasteiger partial charge in [-0.15, -0.1) is 0 Å². The lowest BCUT2D eigenvalue weighted by Gasteiger charge is -2.09. The highest BCUT2D eigenvalue weighted by atomic mass is 79.9. The van der Waals surface area contributed by atoms with E-state index < -0.39 is 11.9 Å². The Labute approximate surface area is 123 Å². The van der Waals surface area contributed by atoms with Gasteiger partial charge in [-0.3, -0.25) is 4.79 Å². The van der Waals surface area contributed by atoms with Crippen LogP contribution in [0.3, 0.4) is 0 Å². The molecular formula is C14H10BrNO4. The summed E-state index contributed by atoms with van der Waals surface area (Å²) in [6.45, 7) is 0. The van der Waals surface area contributed by atoms with Crippen LogP contribution >= 0.6 is 15.9 Å². The van der Waals surface area contributed by atoms with Gasteiger partial charge in [0.1, 0.15) is 5.75 Å². The summed E-state index contributed by atoms with van der Waals surface area (Å²) in [6, 6.07) is 10.5. The van der Waals surface area contributed by atoms with Crippen molar-refractivity contribution >= 4 is 33.5 Å². The van der Waals surface area contributed by atoms with Crippen molar-refractivity contribution in [1.29, 1.82) is 0 Å². The van der Waals surface area contributed by atoms with Crippen LogP contribution in [0.5, 0.6) is 5.75 Å². The number of aromatic hydroxyl groups is 1. The van der Waals surface area contributed by atoms with Gasteiger partial charge in [0.25, 0.3) is 5.91 Å². The quantitative estimate of drug-likeness (QED) is 0.752. The molecule has 0 unspecified atom stereocenters. The van der Waals surface area contributed by atoms with Crippen LogP contribution in [0.2, 0.25) is 0 Å². The van der Waals surface area contributed by atoms with Crippen molar-refractivity contribution in [1.82, 2.24) is 0 Å². The smallest absolute Gasteiger partial charge is 0.337 e. The van der Waals surface area contributed by atoms with Gasteiger partial charge < -0.3 is 15.5 Å². The summed E-state index contributed by atoms with van der Waals surface area (Å²) in [5, 5.41) is 20.9. The average Bonchev–Trinajstić information content (AvgIpc) is 2.41. The van der Waals surface area contributed by atoms with Crippen LogP contribution in [0.4, 0.5) is 5.69 Å². The van der Waals surface area contributed by atoms with Crippen LogP contribution in [-0.4, -0.2) is 22.1 Å². The average molecular weight is 336 g/mol. The molecule has 20 heavy (non-hydrogen) atoms. The number of phenolic OH excluding ortho intramolecular Hbond substituents is 1. The largest absolute Gasteiger partial charge is 0.508 e. The second-order valence-corrected chi connectivity index (χ2v) is 4.82. The maximum absolute atomic E-state index is 12.1. The minimum absolute atomic E-state index is 0.121. The minimum atomic E-state index is -1.23. The lowest BCUT2D eigenvalue weighted by atomic mass is 10.1. The van der Waals surface area contributed by atoms with Crippen LogP contribution in [0.25, 0.3) is 0 Å². The highest BCUT2D eigenvalue weighted by Crippen LogP contribution is 2.23. The zero-order valence-electron chi connectivity index (χ0n) is 10.1. The molecule has 0 saturated heterocycles. The number of hydrogen-bond acceptors (Lipinski definition) is 3. The predicted molar refractivity (Wildman–Crippen MR) is 77.2 cm³/mol. The van der Waals surface area contributed by atoms with Gasteiger partial charge in [0.05, 0.1) is 16.8 Å². The fourth-order valence-electron chi connectivity index (χ4n) is 1.65. The van der Waals surface area contributed by atoms with Gasteiger partial charge in [-0.25, -0.2) is 4.79 Å². The number of nitrogens with one attached hydrogen (secondary N) is 1. The summed E-state index contributed by atoms with van der Waals surface area (Å²) in [6.07, 6.45) is 0. The first-order chi connectivity index (χ1) is 9.49. The fourth-order valence-corrected chi connectivity index (χ4v) is 2.12. The minimum Gasteiger partial charge on any atom is -0.508 e. The van der Waals surface area contributed by atoms with E-state index >= 15 is 0 Å². The summed E-state index contributed by atoms with van der Waals surface area (Å²) in [5.41, 5.74) is 0.332. The number of carbonyl (C=O) groups is 2. The molecule has 2 rings (SSSR count). The van der Waals surface area contributed by atoms with Crippen molar-refractivity contribution in [3.63, 3.8) is 0 Å². The van der Waals surface area contributed by atoms with Crippen molar-refractivity contribution in [3.8, 4) is 5.75 Å². The van der Waals surface area contributed by atoms with E-state index in [1.807, 2.05) is 0 Å². The monoisotopic (exact) mass is 335 g/mol.